The van der Waals surface area contributed by atoms with Gasteiger partial charge in [0.1, 0.15) is 6.15 Å². The zero-order valence-electron chi connectivity index (χ0n) is 48.1. The normalized spacial score (nSPS) is 13.1. The lowest BCUT2D eigenvalue weighted by Crippen LogP contribution is -2.75. The van der Waals surface area contributed by atoms with E-state index in [2.05, 4.69) is 16.5 Å². The molecule has 0 bridgehead atoms. The van der Waals surface area contributed by atoms with E-state index in [0.29, 0.717) is 12.2 Å². The summed E-state index contributed by atoms with van der Waals surface area (Å²) in [5, 5.41) is 0. The summed E-state index contributed by atoms with van der Waals surface area (Å²) in [6.45, 7) is 3.56. The monoisotopic (exact) mass is 1330 g/mol. The van der Waals surface area contributed by atoms with Gasteiger partial charge in [-0.3, -0.25) is 4.98 Å². The van der Waals surface area contributed by atoms with Crippen LogP contribution in [0.4, 0.5) is 105 Å². The number of aromatic nitrogens is 2. The highest BCUT2D eigenvalue weighted by atomic mass is 19.4. The van der Waals surface area contributed by atoms with Crippen LogP contribution in [0, 0.1) is 0 Å². The fraction of sp³-hybridized carbons (Fsp3) is 0.435. The minimum absolute atomic E-state index is 0.218. The molecule has 6 rings (SSSR count). The lowest BCUT2D eigenvalue weighted by atomic mass is 9.12. The number of alkyl halides is 24. The van der Waals surface area contributed by atoms with Crippen LogP contribution in [0.25, 0.3) is 0 Å². The second-order valence-corrected chi connectivity index (χ2v) is 21.8. The highest BCUT2D eigenvalue weighted by Crippen LogP contribution is 2.42. The predicted molar refractivity (Wildman–Crippen MR) is 290 cm³/mol. The molecule has 0 amide bonds. The van der Waals surface area contributed by atoms with Crippen molar-refractivity contribution in [2.45, 2.75) is 166 Å². The number of hydrogen-bond acceptors (Lipinski definition) is 3. The first kappa shape index (κ1) is 74.8. The SMILES string of the molecule is CCCCCCCCCCCCCCCCCCOC(=O)c1ccc(C[n+]2ccncc2)cc1.FC(F)(F)c1cc([B-](c2cc(C(F)(F)F)cc(C(F)(F)F)c2)(c2cc(C(F)(F)F)cc(C(F)(F)F)c2)c2cc(C(F)(F)F)cc(C(F)(F)F)c2)cc(C(F)(F)F)c1. The number of halogens is 24. The molecule has 91 heavy (non-hydrogen) atoms. The maximum absolute atomic E-state index is 14.2. The van der Waals surface area contributed by atoms with E-state index in [1.54, 1.807) is 12.4 Å². The molecule has 0 aliphatic rings. The van der Waals surface area contributed by atoms with Crippen LogP contribution in [0.2, 0.25) is 0 Å². The summed E-state index contributed by atoms with van der Waals surface area (Å²) >= 11 is 0. The molecule has 6 aromatic rings. The van der Waals surface area contributed by atoms with Crippen molar-refractivity contribution in [3.8, 4) is 0 Å². The van der Waals surface area contributed by atoms with Crippen molar-refractivity contribution in [3.63, 3.8) is 0 Å². The molecule has 0 radical (unpaired) electrons. The zero-order chi connectivity index (χ0) is 68.0. The Morgan fingerprint density at radius 3 is 0.846 bits per heavy atom. The van der Waals surface area contributed by atoms with Gasteiger partial charge in [0.2, 0.25) is 0 Å². The first-order chi connectivity index (χ1) is 42.1. The van der Waals surface area contributed by atoms with Crippen molar-refractivity contribution >= 4 is 34.0 Å². The summed E-state index contributed by atoms with van der Waals surface area (Å²) in [6, 6.07) is -1.13. The molecule has 0 saturated heterocycles. The Labute approximate surface area is 506 Å². The van der Waals surface area contributed by atoms with Crippen LogP contribution >= 0.6 is 0 Å². The summed E-state index contributed by atoms with van der Waals surface area (Å²) in [5.74, 6) is -0.218. The lowest BCUT2D eigenvalue weighted by molar-refractivity contribution is -0.688. The van der Waals surface area contributed by atoms with Crippen LogP contribution in [0.1, 0.15) is 170 Å². The first-order valence-corrected chi connectivity index (χ1v) is 28.5. The molecule has 1 heterocycles. The maximum Gasteiger partial charge on any atom is 0.416 e. The molecule has 500 valence electrons. The molecule has 0 spiro atoms. The molecule has 0 unspecified atom stereocenters. The fourth-order valence-electron chi connectivity index (χ4n) is 10.4. The molecule has 0 saturated carbocycles. The molecular weight excluding hydrogens is 1270 g/mol. The molecule has 0 N–H and O–H groups in total. The number of benzene rings is 5. The van der Waals surface area contributed by atoms with E-state index in [0.717, 1.165) is 24.9 Å². The third-order valence-corrected chi connectivity index (χ3v) is 14.9. The van der Waals surface area contributed by atoms with E-state index in [4.69, 9.17) is 4.74 Å². The van der Waals surface area contributed by atoms with Crippen LogP contribution in [0.5, 0.6) is 0 Å². The quantitative estimate of drug-likeness (QED) is 0.0199. The predicted octanol–water partition coefficient (Wildman–Crippen LogP) is 19.1. The highest BCUT2D eigenvalue weighted by Gasteiger charge is 2.47. The second kappa shape index (κ2) is 30.6. The Hall–Kier alpha value is -6.97. The topological polar surface area (TPSA) is 43.1 Å². The molecule has 0 atom stereocenters. The van der Waals surface area contributed by atoms with Crippen LogP contribution in [-0.2, 0) is 60.7 Å². The minimum atomic E-state index is -6.13. The first-order valence-electron chi connectivity index (χ1n) is 28.5. The number of ether oxygens (including phenoxy) is 1. The molecule has 0 fully saturated rings. The van der Waals surface area contributed by atoms with Crippen molar-refractivity contribution in [2.24, 2.45) is 0 Å². The van der Waals surface area contributed by atoms with Crippen molar-refractivity contribution < 1.29 is 119 Å². The molecular formula is C62H59BF24N2O2. The van der Waals surface area contributed by atoms with Crippen LogP contribution in [-0.4, -0.2) is 23.7 Å². The van der Waals surface area contributed by atoms with E-state index in [-0.39, 0.29) is 5.97 Å². The van der Waals surface area contributed by atoms with Crippen molar-refractivity contribution in [3.05, 3.63) is 177 Å². The number of rotatable bonds is 24. The lowest BCUT2D eigenvalue weighted by Gasteiger charge is -2.46. The summed E-state index contributed by atoms with van der Waals surface area (Å²) in [5.41, 5.74) is -28.4. The van der Waals surface area contributed by atoms with Gasteiger partial charge in [-0.25, -0.2) is 4.79 Å². The van der Waals surface area contributed by atoms with Gasteiger partial charge in [-0.2, -0.15) is 132 Å². The molecule has 29 heteroatoms. The Morgan fingerprint density at radius 1 is 0.363 bits per heavy atom. The van der Waals surface area contributed by atoms with Gasteiger partial charge >= 0.3 is 55.4 Å². The third-order valence-electron chi connectivity index (χ3n) is 14.9. The van der Waals surface area contributed by atoms with Crippen LogP contribution in [0.15, 0.2) is 122 Å². The summed E-state index contributed by atoms with van der Waals surface area (Å²) < 4.78 is 348. The molecule has 4 nitrogen and oxygen atoms in total. The average molecular weight is 1330 g/mol. The van der Waals surface area contributed by atoms with Gasteiger partial charge in [-0.1, -0.05) is 164 Å². The van der Waals surface area contributed by atoms with Crippen LogP contribution < -0.4 is 26.4 Å². The van der Waals surface area contributed by atoms with Gasteiger partial charge in [0.05, 0.1) is 69.1 Å². The summed E-state index contributed by atoms with van der Waals surface area (Å²) in [7, 11) is 0. The molecule has 0 aliphatic carbocycles. The number of nitrogens with zero attached hydrogens (tertiary/aromatic N) is 2. The number of esters is 1. The van der Waals surface area contributed by atoms with E-state index in [9.17, 15) is 110 Å². The average Bonchev–Trinajstić information content (AvgIpc) is 0.710. The largest absolute Gasteiger partial charge is 0.462 e. The maximum atomic E-state index is 14.2. The summed E-state index contributed by atoms with van der Waals surface area (Å²) in [4.78, 5) is 16.3. The standard InChI is InChI=1S/C32H12BF24.C30H47N2O2/c34-25(35,36)13-1-14(26(37,38)39)6-21(5-13)33(22-7-15(27(40,41)42)2-16(8-22)28(43,44)45,23-9-17(29(46,47)48)3-18(10-23)30(49,50)51)24-11-19(31(52,53)54)4-20(12-24)32(55,56)57;1-2-3-4-5-6-7-8-9-10-11-12-13-14-15-16-17-26-34-30(33)29-20-18-28(19-21-29)27-32-24-22-31-23-25-32/h1-12H;18-25H,2-17,26-27H2,1H3/q-1;+1. The van der Waals surface area contributed by atoms with E-state index in [1.807, 2.05) is 36.7 Å². The minimum Gasteiger partial charge on any atom is -0.462 e. The van der Waals surface area contributed by atoms with Gasteiger partial charge in [0.15, 0.2) is 18.9 Å². The van der Waals surface area contributed by atoms with Crippen molar-refractivity contribution in [1.82, 2.24) is 4.98 Å². The number of unbranched alkanes of at least 4 members (excludes halogenated alkanes) is 15. The van der Waals surface area contributed by atoms with Crippen molar-refractivity contribution in [2.75, 3.05) is 6.61 Å². The van der Waals surface area contributed by atoms with Gasteiger partial charge in [0, 0.05) is 5.56 Å². The highest BCUT2D eigenvalue weighted by molar-refractivity contribution is 7.20. The molecule has 0 aliphatic heterocycles. The number of hydrogen-bond donors (Lipinski definition) is 0. The van der Waals surface area contributed by atoms with Crippen molar-refractivity contribution in [1.29, 1.82) is 0 Å². The Morgan fingerprint density at radius 2 is 0.604 bits per heavy atom. The summed E-state index contributed by atoms with van der Waals surface area (Å²) in [6.07, 6.45) is -25.9. The van der Waals surface area contributed by atoms with E-state index in [1.165, 1.54) is 89.9 Å². The Balaban J connectivity index is 0.000000377. The van der Waals surface area contributed by atoms with Gasteiger partial charge in [-0.15, -0.1) is 0 Å². The number of carbonyl (C=O) groups is 1. The van der Waals surface area contributed by atoms with E-state index >= 15 is 0 Å². The smallest absolute Gasteiger partial charge is 0.416 e. The fourth-order valence-corrected chi connectivity index (χ4v) is 10.4. The zero-order valence-corrected chi connectivity index (χ0v) is 48.1. The Kier molecular flexibility index (Phi) is 25.2. The van der Waals surface area contributed by atoms with Gasteiger partial charge in [0.25, 0.3) is 0 Å². The van der Waals surface area contributed by atoms with Crippen LogP contribution in [0.3, 0.4) is 0 Å². The van der Waals surface area contributed by atoms with Gasteiger partial charge < -0.3 is 4.74 Å². The third kappa shape index (κ3) is 21.8. The van der Waals surface area contributed by atoms with E-state index < -0.39 is 195 Å². The molecule has 5 aromatic carbocycles. The van der Waals surface area contributed by atoms with Gasteiger partial charge in [-0.05, 0) is 42.8 Å². The second-order valence-electron chi connectivity index (χ2n) is 21.8. The number of carbonyl (C=O) groups excluding carboxylic acids is 1. The molecule has 1 aromatic heterocycles. The Bertz CT molecular complexity index is 2850.